The number of morpholine rings is 1. The minimum Gasteiger partial charge on any atom is -0.468 e. The van der Waals surface area contributed by atoms with Crippen LogP contribution in [0, 0.1) is 0 Å². The molecule has 1 saturated heterocycles. The summed E-state index contributed by atoms with van der Waals surface area (Å²) in [5, 5.41) is 3.56. The fourth-order valence-electron chi connectivity index (χ4n) is 3.70. The highest BCUT2D eigenvalue weighted by Crippen LogP contribution is 2.37. The molecule has 3 aliphatic rings. The second-order valence-corrected chi connectivity index (χ2v) is 6.57. The summed E-state index contributed by atoms with van der Waals surface area (Å²) in [6.07, 6.45) is 5.53. The van der Waals surface area contributed by atoms with Crippen LogP contribution in [0.3, 0.4) is 0 Å². The molecule has 0 aromatic rings. The zero-order valence-corrected chi connectivity index (χ0v) is 12.6. The number of rotatable bonds is 4. The molecule has 3 fully saturated rings. The second-order valence-electron chi connectivity index (χ2n) is 6.57. The molecule has 20 heavy (non-hydrogen) atoms. The van der Waals surface area contributed by atoms with E-state index in [0.717, 1.165) is 39.0 Å². The van der Waals surface area contributed by atoms with Crippen LogP contribution in [0.2, 0.25) is 0 Å². The predicted molar refractivity (Wildman–Crippen MR) is 75.5 cm³/mol. The third kappa shape index (κ3) is 2.85. The van der Waals surface area contributed by atoms with E-state index in [1.165, 1.54) is 20.0 Å². The Bertz CT molecular complexity index is 372. The summed E-state index contributed by atoms with van der Waals surface area (Å²) in [7, 11) is 1.50. The highest BCUT2D eigenvalue weighted by atomic mass is 16.5. The van der Waals surface area contributed by atoms with Crippen LogP contribution in [0.4, 0.5) is 0 Å². The molecule has 1 N–H and O–H groups in total. The molecule has 0 aromatic heterocycles. The minimum atomic E-state index is -0.442. The van der Waals surface area contributed by atoms with Crippen LogP contribution in [0.1, 0.15) is 39.0 Å². The van der Waals surface area contributed by atoms with Gasteiger partial charge in [0.25, 0.3) is 0 Å². The first-order chi connectivity index (χ1) is 9.63. The maximum absolute atomic E-state index is 12.3. The van der Waals surface area contributed by atoms with E-state index >= 15 is 0 Å². The Morgan fingerprint density at radius 1 is 1.40 bits per heavy atom. The Balaban J connectivity index is 1.66. The lowest BCUT2D eigenvalue weighted by Crippen LogP contribution is -2.54. The van der Waals surface area contributed by atoms with Gasteiger partial charge in [0.05, 0.1) is 19.8 Å². The monoisotopic (exact) mass is 282 g/mol. The van der Waals surface area contributed by atoms with E-state index in [1.54, 1.807) is 0 Å². The number of hydrogen-bond donors (Lipinski definition) is 1. The molecule has 3 rings (SSSR count). The number of nitrogens with zero attached hydrogens (tertiary/aromatic N) is 1. The van der Waals surface area contributed by atoms with Crippen molar-refractivity contribution in [3.63, 3.8) is 0 Å². The first-order valence-electron chi connectivity index (χ1n) is 7.85. The molecule has 5 heteroatoms. The minimum absolute atomic E-state index is 0.0757. The number of carbonyl (C=O) groups excluding carboxylic acids is 1. The number of nitrogens with one attached hydrogen (secondary N) is 1. The Morgan fingerprint density at radius 2 is 2.20 bits per heavy atom. The molecule has 1 heterocycles. The van der Waals surface area contributed by atoms with Crippen LogP contribution in [0.25, 0.3) is 0 Å². The molecule has 0 amide bonds. The summed E-state index contributed by atoms with van der Waals surface area (Å²) >= 11 is 0. The van der Waals surface area contributed by atoms with Crippen LogP contribution >= 0.6 is 0 Å². The second kappa shape index (κ2) is 5.62. The van der Waals surface area contributed by atoms with Crippen molar-refractivity contribution in [3.8, 4) is 0 Å². The normalized spacial score (nSPS) is 38.9. The predicted octanol–water partition coefficient (Wildman–Crippen LogP) is 0.923. The molecule has 0 aromatic carbocycles. The average Bonchev–Trinajstić information content (AvgIpc) is 3.15. The number of methoxy groups -OCH3 is 1. The van der Waals surface area contributed by atoms with Crippen molar-refractivity contribution in [3.05, 3.63) is 0 Å². The molecule has 0 spiro atoms. The molecule has 114 valence electrons. The van der Waals surface area contributed by atoms with E-state index in [1.807, 2.05) is 0 Å². The van der Waals surface area contributed by atoms with E-state index in [0.29, 0.717) is 18.2 Å². The summed E-state index contributed by atoms with van der Waals surface area (Å²) < 4.78 is 10.7. The van der Waals surface area contributed by atoms with E-state index in [4.69, 9.17) is 9.47 Å². The number of ether oxygens (including phenoxy) is 2. The molecular formula is C15H26N2O3. The Labute approximate surface area is 121 Å². The van der Waals surface area contributed by atoms with Gasteiger partial charge in [-0.25, -0.2) is 0 Å². The zero-order valence-electron chi connectivity index (χ0n) is 12.6. The van der Waals surface area contributed by atoms with Crippen molar-refractivity contribution in [2.24, 2.45) is 0 Å². The van der Waals surface area contributed by atoms with Crippen molar-refractivity contribution in [2.75, 3.05) is 26.8 Å². The molecule has 3 atom stereocenters. The first kappa shape index (κ1) is 14.3. The van der Waals surface area contributed by atoms with Gasteiger partial charge in [-0.1, -0.05) is 0 Å². The lowest BCUT2D eigenvalue weighted by molar-refractivity contribution is -0.148. The van der Waals surface area contributed by atoms with Crippen LogP contribution in [0.15, 0.2) is 0 Å². The third-order valence-electron chi connectivity index (χ3n) is 4.91. The highest BCUT2D eigenvalue weighted by molar-refractivity contribution is 5.81. The van der Waals surface area contributed by atoms with Gasteiger partial charge in [0.15, 0.2) is 0 Å². The molecule has 1 aliphatic heterocycles. The van der Waals surface area contributed by atoms with E-state index in [2.05, 4.69) is 17.1 Å². The molecule has 0 radical (unpaired) electrons. The first-order valence-corrected chi connectivity index (χ1v) is 7.85. The quantitative estimate of drug-likeness (QED) is 0.777. The largest absolute Gasteiger partial charge is 0.468 e. The van der Waals surface area contributed by atoms with Gasteiger partial charge in [-0.2, -0.15) is 0 Å². The molecule has 0 bridgehead atoms. The van der Waals surface area contributed by atoms with Crippen LogP contribution in [0.5, 0.6) is 0 Å². The van der Waals surface area contributed by atoms with E-state index < -0.39 is 5.54 Å². The van der Waals surface area contributed by atoms with Crippen molar-refractivity contribution >= 4 is 5.97 Å². The SMILES string of the molecule is COC(=O)C1(NC2CC2)CCC(N2CCOC(C)C2)C1. The lowest BCUT2D eigenvalue weighted by atomic mass is 9.96. The fraction of sp³-hybridized carbons (Fsp3) is 0.933. The van der Waals surface area contributed by atoms with E-state index in [9.17, 15) is 4.79 Å². The van der Waals surface area contributed by atoms with E-state index in [-0.39, 0.29) is 5.97 Å². The molecule has 2 aliphatic carbocycles. The van der Waals surface area contributed by atoms with Crippen LogP contribution in [-0.4, -0.2) is 61.4 Å². The highest BCUT2D eigenvalue weighted by Gasteiger charge is 2.50. The third-order valence-corrected chi connectivity index (χ3v) is 4.91. The van der Waals surface area contributed by atoms with Crippen LogP contribution in [-0.2, 0) is 14.3 Å². The summed E-state index contributed by atoms with van der Waals surface area (Å²) in [4.78, 5) is 14.8. The van der Waals surface area contributed by atoms with Gasteiger partial charge in [0, 0.05) is 25.2 Å². The Hall–Kier alpha value is -0.650. The van der Waals surface area contributed by atoms with Crippen LogP contribution < -0.4 is 5.32 Å². The molecule has 2 saturated carbocycles. The molecular weight excluding hydrogens is 256 g/mol. The maximum atomic E-state index is 12.3. The van der Waals surface area contributed by atoms with Gasteiger partial charge in [-0.3, -0.25) is 15.0 Å². The Kier molecular flexibility index (Phi) is 4.02. The summed E-state index contributed by atoms with van der Waals surface area (Å²) in [6, 6.07) is 1.00. The van der Waals surface area contributed by atoms with Crippen molar-refractivity contribution < 1.29 is 14.3 Å². The molecule has 5 nitrogen and oxygen atoms in total. The maximum Gasteiger partial charge on any atom is 0.326 e. The standard InChI is InChI=1S/C15H26N2O3/c1-11-10-17(7-8-20-11)13-5-6-15(9-13,14(18)19-2)16-12-3-4-12/h11-13,16H,3-10H2,1-2H3. The molecule has 3 unspecified atom stereocenters. The number of esters is 1. The van der Waals surface area contributed by atoms with Gasteiger partial charge in [0.1, 0.15) is 5.54 Å². The summed E-state index contributed by atoms with van der Waals surface area (Å²) in [5.74, 6) is -0.0757. The van der Waals surface area contributed by atoms with Gasteiger partial charge < -0.3 is 9.47 Å². The fourth-order valence-corrected chi connectivity index (χ4v) is 3.70. The van der Waals surface area contributed by atoms with Crippen molar-refractivity contribution in [2.45, 2.75) is 62.8 Å². The number of carbonyl (C=O) groups is 1. The lowest BCUT2D eigenvalue weighted by Gasteiger charge is -2.36. The topological polar surface area (TPSA) is 50.8 Å². The van der Waals surface area contributed by atoms with Gasteiger partial charge in [-0.15, -0.1) is 0 Å². The van der Waals surface area contributed by atoms with Crippen molar-refractivity contribution in [1.82, 2.24) is 10.2 Å². The zero-order chi connectivity index (χ0) is 14.2. The average molecular weight is 282 g/mol. The smallest absolute Gasteiger partial charge is 0.326 e. The van der Waals surface area contributed by atoms with Gasteiger partial charge in [-0.05, 0) is 39.0 Å². The Morgan fingerprint density at radius 3 is 2.85 bits per heavy atom. The number of hydrogen-bond acceptors (Lipinski definition) is 5. The summed E-state index contributed by atoms with van der Waals surface area (Å²) in [5.41, 5.74) is -0.442. The van der Waals surface area contributed by atoms with Gasteiger partial charge in [0.2, 0.25) is 0 Å². The van der Waals surface area contributed by atoms with Crippen molar-refractivity contribution in [1.29, 1.82) is 0 Å². The van der Waals surface area contributed by atoms with Gasteiger partial charge >= 0.3 is 5.97 Å². The summed E-state index contributed by atoms with van der Waals surface area (Å²) in [6.45, 7) is 4.89.